The molecule has 2 fully saturated rings. The Morgan fingerprint density at radius 2 is 1.91 bits per heavy atom. The number of anilines is 1. The van der Waals surface area contributed by atoms with Gasteiger partial charge in [-0.2, -0.15) is 0 Å². The first-order valence-electron chi connectivity index (χ1n) is 10.4. The number of nitrogens with zero attached hydrogens (tertiary/aromatic N) is 4. The standard InChI is InChI=1S/C20H22N4O3S2.C2H4O2/c1-12(2)24-19(26)15(29-20(24)28)10-14-17(22-6-8-27-9-7-22)21-16-5-4-13(3)11-23(16)18(14)25;1-2(3)4/h4-5,10-12H,6-9H2,1-3H3;1H3,(H,3,4). The van der Waals surface area contributed by atoms with Crippen LogP contribution in [0.1, 0.15) is 31.9 Å². The number of hydrogen-bond acceptors (Lipinski definition) is 8. The second kappa shape index (κ2) is 10.4. The van der Waals surface area contributed by atoms with E-state index in [0.717, 1.165) is 12.5 Å². The van der Waals surface area contributed by atoms with Gasteiger partial charge in [-0.15, -0.1) is 0 Å². The second-order valence-electron chi connectivity index (χ2n) is 7.85. The third kappa shape index (κ3) is 5.60. The van der Waals surface area contributed by atoms with E-state index in [2.05, 4.69) is 0 Å². The van der Waals surface area contributed by atoms with Crippen molar-refractivity contribution < 1.29 is 19.4 Å². The summed E-state index contributed by atoms with van der Waals surface area (Å²) in [6.07, 6.45) is 3.42. The van der Waals surface area contributed by atoms with Gasteiger partial charge in [-0.1, -0.05) is 30.0 Å². The summed E-state index contributed by atoms with van der Waals surface area (Å²) in [6, 6.07) is 3.73. The summed E-state index contributed by atoms with van der Waals surface area (Å²) in [5.41, 5.74) is 1.74. The van der Waals surface area contributed by atoms with Gasteiger partial charge in [0.25, 0.3) is 17.4 Å². The molecule has 2 saturated heterocycles. The SMILES string of the molecule is CC(=O)O.Cc1ccc2nc(N3CCOCC3)c(C=C3SC(=S)N(C(C)C)C3=O)c(=O)n2c1. The van der Waals surface area contributed by atoms with E-state index in [1.54, 1.807) is 17.2 Å². The molecule has 0 spiro atoms. The van der Waals surface area contributed by atoms with Crippen molar-refractivity contribution in [2.75, 3.05) is 31.2 Å². The highest BCUT2D eigenvalue weighted by atomic mass is 32.2. The summed E-state index contributed by atoms with van der Waals surface area (Å²) < 4.78 is 7.49. The number of amides is 1. The van der Waals surface area contributed by atoms with Crippen LogP contribution in [0.2, 0.25) is 0 Å². The smallest absolute Gasteiger partial charge is 0.300 e. The topological polar surface area (TPSA) is 104 Å². The average Bonchev–Trinajstić information content (AvgIpc) is 3.03. The number of ether oxygens (including phenoxy) is 1. The van der Waals surface area contributed by atoms with Crippen LogP contribution in [0.4, 0.5) is 5.82 Å². The number of fused-ring (bicyclic) bond motifs is 1. The molecule has 1 amide bonds. The summed E-state index contributed by atoms with van der Waals surface area (Å²) >= 11 is 6.60. The van der Waals surface area contributed by atoms with Crippen molar-refractivity contribution in [2.45, 2.75) is 33.7 Å². The molecule has 0 saturated carbocycles. The molecular weight excluding hydrogens is 464 g/mol. The number of pyridine rings is 1. The molecule has 0 bridgehead atoms. The van der Waals surface area contributed by atoms with Gasteiger partial charge in [-0.25, -0.2) is 4.98 Å². The first-order chi connectivity index (χ1) is 15.6. The predicted molar refractivity (Wildman–Crippen MR) is 133 cm³/mol. The molecule has 0 atom stereocenters. The lowest BCUT2D eigenvalue weighted by Gasteiger charge is -2.29. The van der Waals surface area contributed by atoms with Crippen LogP contribution >= 0.6 is 24.0 Å². The Morgan fingerprint density at radius 1 is 1.27 bits per heavy atom. The summed E-state index contributed by atoms with van der Waals surface area (Å²) in [4.78, 5) is 44.1. The van der Waals surface area contributed by atoms with Gasteiger partial charge < -0.3 is 14.7 Å². The molecule has 2 aliphatic rings. The summed E-state index contributed by atoms with van der Waals surface area (Å²) in [5.74, 6) is -0.423. The fourth-order valence-electron chi connectivity index (χ4n) is 3.45. The second-order valence-corrected chi connectivity index (χ2v) is 9.53. The van der Waals surface area contributed by atoms with Crippen LogP contribution in [-0.2, 0) is 14.3 Å². The van der Waals surface area contributed by atoms with E-state index in [9.17, 15) is 9.59 Å². The van der Waals surface area contributed by atoms with E-state index in [1.807, 2.05) is 37.8 Å². The van der Waals surface area contributed by atoms with Gasteiger partial charge in [0.05, 0.1) is 23.7 Å². The Bertz CT molecular complexity index is 1180. The molecule has 0 unspecified atom stereocenters. The largest absolute Gasteiger partial charge is 0.481 e. The number of thioether (sulfide) groups is 1. The molecule has 4 rings (SSSR count). The highest BCUT2D eigenvalue weighted by Crippen LogP contribution is 2.34. The van der Waals surface area contributed by atoms with Crippen LogP contribution in [0.3, 0.4) is 0 Å². The molecule has 0 aromatic carbocycles. The van der Waals surface area contributed by atoms with E-state index in [4.69, 9.17) is 31.8 Å². The van der Waals surface area contributed by atoms with Gasteiger partial charge in [-0.3, -0.25) is 23.7 Å². The number of carboxylic acid groups (broad SMARTS) is 1. The number of aliphatic carboxylic acids is 1. The number of carbonyl (C=O) groups is 2. The van der Waals surface area contributed by atoms with E-state index >= 15 is 0 Å². The van der Waals surface area contributed by atoms with Crippen molar-refractivity contribution in [3.05, 3.63) is 44.7 Å². The third-order valence-corrected chi connectivity index (χ3v) is 6.24. The lowest BCUT2D eigenvalue weighted by molar-refractivity contribution is -0.134. The summed E-state index contributed by atoms with van der Waals surface area (Å²) in [7, 11) is 0. The zero-order valence-corrected chi connectivity index (χ0v) is 20.5. The van der Waals surface area contributed by atoms with Crippen molar-refractivity contribution in [2.24, 2.45) is 0 Å². The van der Waals surface area contributed by atoms with Crippen LogP contribution in [0.25, 0.3) is 11.7 Å². The first-order valence-corrected chi connectivity index (χ1v) is 11.6. The van der Waals surface area contributed by atoms with Crippen LogP contribution < -0.4 is 10.5 Å². The fourth-order valence-corrected chi connectivity index (χ4v) is 4.95. The average molecular weight is 491 g/mol. The molecule has 11 heteroatoms. The molecular formula is C22H26N4O5S2. The Hall–Kier alpha value is -2.76. The van der Waals surface area contributed by atoms with Crippen molar-refractivity contribution in [3.8, 4) is 0 Å². The molecule has 176 valence electrons. The minimum atomic E-state index is -0.833. The predicted octanol–water partition coefficient (Wildman–Crippen LogP) is 2.54. The highest BCUT2D eigenvalue weighted by molar-refractivity contribution is 8.26. The summed E-state index contributed by atoms with van der Waals surface area (Å²) in [6.45, 7) is 9.28. The minimum Gasteiger partial charge on any atom is -0.481 e. The molecule has 0 aliphatic carbocycles. The Kier molecular flexibility index (Phi) is 7.88. The lowest BCUT2D eigenvalue weighted by atomic mass is 10.2. The zero-order valence-electron chi connectivity index (χ0n) is 18.9. The molecule has 2 aromatic heterocycles. The maximum absolute atomic E-state index is 13.4. The van der Waals surface area contributed by atoms with Crippen molar-refractivity contribution in [1.29, 1.82) is 0 Å². The fraction of sp³-hybridized carbons (Fsp3) is 0.409. The van der Waals surface area contributed by atoms with E-state index in [-0.39, 0.29) is 17.5 Å². The van der Waals surface area contributed by atoms with Gasteiger partial charge >= 0.3 is 0 Å². The monoisotopic (exact) mass is 490 g/mol. The number of thiocarbonyl (C=S) groups is 1. The Morgan fingerprint density at radius 3 is 2.48 bits per heavy atom. The molecule has 1 N–H and O–H groups in total. The molecule has 2 aromatic rings. The van der Waals surface area contributed by atoms with E-state index in [0.29, 0.717) is 52.6 Å². The first kappa shape index (κ1) is 24.9. The van der Waals surface area contributed by atoms with E-state index < -0.39 is 5.97 Å². The van der Waals surface area contributed by atoms with Crippen LogP contribution in [0, 0.1) is 6.92 Å². The van der Waals surface area contributed by atoms with Crippen molar-refractivity contribution in [1.82, 2.24) is 14.3 Å². The maximum Gasteiger partial charge on any atom is 0.300 e. The number of carbonyl (C=O) groups excluding carboxylic acids is 1. The molecule has 4 heterocycles. The van der Waals surface area contributed by atoms with Gasteiger partial charge in [-0.05, 0) is 38.5 Å². The Balaban J connectivity index is 0.000000709. The summed E-state index contributed by atoms with van der Waals surface area (Å²) in [5, 5.41) is 7.42. The number of rotatable bonds is 3. The number of hydrogen-bond donors (Lipinski definition) is 1. The maximum atomic E-state index is 13.4. The number of aromatic nitrogens is 2. The van der Waals surface area contributed by atoms with Gasteiger partial charge in [0, 0.05) is 32.3 Å². The molecule has 33 heavy (non-hydrogen) atoms. The zero-order chi connectivity index (χ0) is 24.3. The molecule has 2 aliphatic heterocycles. The van der Waals surface area contributed by atoms with Crippen molar-refractivity contribution in [3.63, 3.8) is 0 Å². The van der Waals surface area contributed by atoms with Gasteiger partial charge in [0.15, 0.2) is 0 Å². The van der Waals surface area contributed by atoms with Crippen LogP contribution in [0.15, 0.2) is 28.0 Å². The lowest BCUT2D eigenvalue weighted by Crippen LogP contribution is -2.38. The quantitative estimate of drug-likeness (QED) is 0.513. The van der Waals surface area contributed by atoms with Gasteiger partial charge in [0.2, 0.25) is 0 Å². The molecule has 9 nitrogen and oxygen atoms in total. The number of carboxylic acids is 1. The molecule has 0 radical (unpaired) electrons. The normalized spacial score (nSPS) is 17.7. The van der Waals surface area contributed by atoms with Gasteiger partial charge in [0.1, 0.15) is 15.8 Å². The van der Waals surface area contributed by atoms with Crippen molar-refractivity contribution >= 4 is 57.7 Å². The van der Waals surface area contributed by atoms with Crippen LogP contribution in [-0.4, -0.2) is 67.9 Å². The Labute approximate surface area is 201 Å². The number of aryl methyl sites for hydroxylation is 1. The third-order valence-electron chi connectivity index (χ3n) is 4.91. The van der Waals surface area contributed by atoms with Crippen LogP contribution in [0.5, 0.6) is 0 Å². The number of morpholine rings is 1. The minimum absolute atomic E-state index is 0.0365. The highest BCUT2D eigenvalue weighted by Gasteiger charge is 2.34. The van der Waals surface area contributed by atoms with E-state index in [1.165, 1.54) is 16.2 Å².